The standard InChI is InChI=1S/C15H15FN2O2.ClH/c16-12-3-1-2-11(7-12)15(4-5-15)18-14(19)10-6-13(8-17)20-9-10;/h1-3,6-7,9H,4-5,8,17H2,(H,18,19);1H. The predicted molar refractivity (Wildman–Crippen MR) is 78.6 cm³/mol. The number of nitrogens with one attached hydrogen (secondary N) is 1. The number of benzene rings is 1. The molecule has 3 rings (SSSR count). The summed E-state index contributed by atoms with van der Waals surface area (Å²) >= 11 is 0. The average molecular weight is 311 g/mol. The van der Waals surface area contributed by atoms with Gasteiger partial charge in [0.15, 0.2) is 0 Å². The predicted octanol–water partition coefficient (Wildman–Crippen LogP) is 2.72. The highest BCUT2D eigenvalue weighted by Gasteiger charge is 2.46. The van der Waals surface area contributed by atoms with Gasteiger partial charge in [-0.15, -0.1) is 12.4 Å². The van der Waals surface area contributed by atoms with E-state index in [1.54, 1.807) is 12.1 Å². The minimum absolute atomic E-state index is 0. The number of carbonyl (C=O) groups excluding carboxylic acids is 1. The maximum atomic E-state index is 13.3. The van der Waals surface area contributed by atoms with Gasteiger partial charge in [0.2, 0.25) is 0 Å². The molecule has 1 heterocycles. The summed E-state index contributed by atoms with van der Waals surface area (Å²) in [6.07, 6.45) is 3.01. The van der Waals surface area contributed by atoms with Crippen molar-refractivity contribution < 1.29 is 13.6 Å². The minimum atomic E-state index is -0.445. The number of nitrogens with two attached hydrogens (primary N) is 1. The molecule has 0 saturated heterocycles. The van der Waals surface area contributed by atoms with Gasteiger partial charge in [-0.2, -0.15) is 0 Å². The van der Waals surface area contributed by atoms with E-state index in [1.165, 1.54) is 18.4 Å². The van der Waals surface area contributed by atoms with Gasteiger partial charge in [0.25, 0.3) is 5.91 Å². The molecule has 0 unspecified atom stereocenters. The van der Waals surface area contributed by atoms with E-state index in [2.05, 4.69) is 5.32 Å². The molecule has 112 valence electrons. The fourth-order valence-electron chi connectivity index (χ4n) is 2.29. The second-order valence-electron chi connectivity index (χ2n) is 5.05. The van der Waals surface area contributed by atoms with Crippen LogP contribution < -0.4 is 11.1 Å². The minimum Gasteiger partial charge on any atom is -0.467 e. The van der Waals surface area contributed by atoms with E-state index in [-0.39, 0.29) is 30.7 Å². The Bertz CT molecular complexity index is 653. The summed E-state index contributed by atoms with van der Waals surface area (Å²) in [5.41, 5.74) is 6.24. The molecular weight excluding hydrogens is 295 g/mol. The summed E-state index contributed by atoms with van der Waals surface area (Å²) in [7, 11) is 0. The fraction of sp³-hybridized carbons (Fsp3) is 0.267. The van der Waals surface area contributed by atoms with E-state index in [1.807, 2.05) is 6.07 Å². The molecule has 6 heteroatoms. The largest absolute Gasteiger partial charge is 0.467 e. The van der Waals surface area contributed by atoms with E-state index in [0.29, 0.717) is 11.3 Å². The Labute approximate surface area is 127 Å². The Morgan fingerprint density at radius 2 is 2.14 bits per heavy atom. The van der Waals surface area contributed by atoms with Crippen LogP contribution in [-0.2, 0) is 12.1 Å². The summed E-state index contributed by atoms with van der Waals surface area (Å²) in [6, 6.07) is 7.97. The quantitative estimate of drug-likeness (QED) is 0.912. The number of hydrogen-bond acceptors (Lipinski definition) is 3. The molecule has 1 fully saturated rings. The average Bonchev–Trinajstić information content (AvgIpc) is 3.06. The molecule has 3 N–H and O–H groups in total. The van der Waals surface area contributed by atoms with Crippen molar-refractivity contribution in [1.29, 1.82) is 0 Å². The van der Waals surface area contributed by atoms with Crippen LogP contribution in [0.15, 0.2) is 41.0 Å². The first kappa shape index (κ1) is 15.5. The van der Waals surface area contributed by atoms with E-state index in [9.17, 15) is 9.18 Å². The zero-order chi connectivity index (χ0) is 14.2. The smallest absolute Gasteiger partial charge is 0.255 e. The molecule has 1 amide bonds. The zero-order valence-corrected chi connectivity index (χ0v) is 12.1. The molecule has 1 saturated carbocycles. The SMILES string of the molecule is Cl.NCc1cc(C(=O)NC2(c3cccc(F)c3)CC2)co1. The first-order valence-electron chi connectivity index (χ1n) is 6.49. The second kappa shape index (κ2) is 5.87. The Morgan fingerprint density at radius 1 is 1.38 bits per heavy atom. The fourth-order valence-corrected chi connectivity index (χ4v) is 2.29. The molecular formula is C15H16ClFN2O2. The van der Waals surface area contributed by atoms with Crippen molar-refractivity contribution in [3.8, 4) is 0 Å². The number of rotatable bonds is 4. The first-order valence-corrected chi connectivity index (χ1v) is 6.49. The van der Waals surface area contributed by atoms with Crippen molar-refractivity contribution in [2.45, 2.75) is 24.9 Å². The molecule has 0 bridgehead atoms. The van der Waals surface area contributed by atoms with Crippen LogP contribution in [0.4, 0.5) is 4.39 Å². The molecule has 1 aliphatic carbocycles. The van der Waals surface area contributed by atoms with Crippen molar-refractivity contribution in [3.05, 3.63) is 59.3 Å². The van der Waals surface area contributed by atoms with Gasteiger partial charge >= 0.3 is 0 Å². The molecule has 0 aliphatic heterocycles. The van der Waals surface area contributed by atoms with Gasteiger partial charge in [0.05, 0.1) is 17.6 Å². The van der Waals surface area contributed by atoms with Crippen LogP contribution in [-0.4, -0.2) is 5.91 Å². The van der Waals surface area contributed by atoms with Crippen LogP contribution in [0.25, 0.3) is 0 Å². The number of hydrogen-bond donors (Lipinski definition) is 2. The summed E-state index contributed by atoms with van der Waals surface area (Å²) in [6.45, 7) is 0.252. The summed E-state index contributed by atoms with van der Waals surface area (Å²) in [4.78, 5) is 12.2. The van der Waals surface area contributed by atoms with Crippen molar-refractivity contribution in [3.63, 3.8) is 0 Å². The number of halogens is 2. The summed E-state index contributed by atoms with van der Waals surface area (Å²) in [5, 5.41) is 2.96. The van der Waals surface area contributed by atoms with Gasteiger partial charge in [0.1, 0.15) is 17.8 Å². The van der Waals surface area contributed by atoms with Gasteiger partial charge in [-0.1, -0.05) is 12.1 Å². The van der Waals surface area contributed by atoms with Crippen molar-refractivity contribution in [2.75, 3.05) is 0 Å². The number of carbonyl (C=O) groups is 1. The van der Waals surface area contributed by atoms with Crippen LogP contribution in [0.5, 0.6) is 0 Å². The highest BCUT2D eigenvalue weighted by molar-refractivity contribution is 5.94. The normalized spacial score (nSPS) is 15.1. The topological polar surface area (TPSA) is 68.3 Å². The molecule has 0 spiro atoms. The van der Waals surface area contributed by atoms with Gasteiger partial charge < -0.3 is 15.5 Å². The Balaban J connectivity index is 0.00000161. The Morgan fingerprint density at radius 3 is 2.71 bits per heavy atom. The maximum Gasteiger partial charge on any atom is 0.255 e. The summed E-state index contributed by atoms with van der Waals surface area (Å²) in [5.74, 6) is 0.0396. The van der Waals surface area contributed by atoms with Gasteiger partial charge in [-0.05, 0) is 36.6 Å². The molecule has 21 heavy (non-hydrogen) atoms. The van der Waals surface area contributed by atoms with E-state index in [0.717, 1.165) is 18.4 Å². The van der Waals surface area contributed by atoms with Crippen LogP contribution >= 0.6 is 12.4 Å². The first-order chi connectivity index (χ1) is 9.63. The highest BCUT2D eigenvalue weighted by Crippen LogP contribution is 2.45. The lowest BCUT2D eigenvalue weighted by Crippen LogP contribution is -2.34. The van der Waals surface area contributed by atoms with Crippen molar-refractivity contribution in [1.82, 2.24) is 5.32 Å². The zero-order valence-electron chi connectivity index (χ0n) is 11.3. The molecule has 0 radical (unpaired) electrons. The van der Waals surface area contributed by atoms with Crippen molar-refractivity contribution in [2.24, 2.45) is 5.73 Å². The van der Waals surface area contributed by atoms with Crippen LogP contribution in [0.3, 0.4) is 0 Å². The lowest BCUT2D eigenvalue weighted by atomic mass is 10.0. The monoisotopic (exact) mass is 310 g/mol. The highest BCUT2D eigenvalue weighted by atomic mass is 35.5. The molecule has 1 aliphatic rings. The number of furan rings is 1. The molecule has 0 atom stereocenters. The molecule has 1 aromatic heterocycles. The van der Waals surface area contributed by atoms with Crippen molar-refractivity contribution >= 4 is 18.3 Å². The lowest BCUT2D eigenvalue weighted by molar-refractivity contribution is 0.0930. The molecule has 2 aromatic rings. The van der Waals surface area contributed by atoms with E-state index >= 15 is 0 Å². The van der Waals surface area contributed by atoms with E-state index in [4.69, 9.17) is 10.2 Å². The van der Waals surface area contributed by atoms with Crippen LogP contribution in [0, 0.1) is 5.82 Å². The number of amides is 1. The van der Waals surface area contributed by atoms with E-state index < -0.39 is 5.54 Å². The van der Waals surface area contributed by atoms with Gasteiger partial charge in [-0.25, -0.2) is 4.39 Å². The molecule has 1 aromatic carbocycles. The van der Waals surface area contributed by atoms with Crippen LogP contribution in [0.1, 0.15) is 34.5 Å². The Kier molecular flexibility index (Phi) is 4.34. The Hall–Kier alpha value is -1.85. The third kappa shape index (κ3) is 3.09. The van der Waals surface area contributed by atoms with Gasteiger partial charge in [0, 0.05) is 0 Å². The summed E-state index contributed by atoms with van der Waals surface area (Å²) < 4.78 is 18.4. The lowest BCUT2D eigenvalue weighted by Gasteiger charge is -2.17. The second-order valence-corrected chi connectivity index (χ2v) is 5.05. The van der Waals surface area contributed by atoms with Gasteiger partial charge in [-0.3, -0.25) is 4.79 Å². The third-order valence-electron chi connectivity index (χ3n) is 3.60. The third-order valence-corrected chi connectivity index (χ3v) is 3.60. The molecule has 4 nitrogen and oxygen atoms in total. The van der Waals surface area contributed by atoms with Crippen LogP contribution in [0.2, 0.25) is 0 Å². The maximum absolute atomic E-state index is 13.3.